The predicted molar refractivity (Wildman–Crippen MR) is 120 cm³/mol. The molecule has 0 bridgehead atoms. The van der Waals surface area contributed by atoms with Crippen molar-refractivity contribution in [1.29, 1.82) is 0 Å². The maximum atomic E-state index is 12.8. The highest BCUT2D eigenvalue weighted by Crippen LogP contribution is 2.36. The summed E-state index contributed by atoms with van der Waals surface area (Å²) in [6.07, 6.45) is 2.15. The van der Waals surface area contributed by atoms with Gasteiger partial charge in [-0.15, -0.1) is 5.10 Å². The number of Topliss-reactive ketones (excluding diaryl/α,β-unsaturated/α-hetero) is 1. The number of nitrogen functional groups attached to an aromatic ring is 1. The molecule has 0 aliphatic heterocycles. The molecule has 2 heterocycles. The Labute approximate surface area is 183 Å². The lowest BCUT2D eigenvalue weighted by atomic mass is 10.1. The van der Waals surface area contributed by atoms with E-state index in [1.54, 1.807) is 0 Å². The predicted octanol–water partition coefficient (Wildman–Crippen LogP) is 1.07. The minimum absolute atomic E-state index is 0.0964. The molecule has 1 fully saturated rings. The summed E-state index contributed by atoms with van der Waals surface area (Å²) in [5.41, 5.74) is 6.23. The number of aromatic nitrogens is 6. The molecular formula is C21H26N8O3. The smallest absolute Gasteiger partial charge is 0.332 e. The van der Waals surface area contributed by atoms with Crippen LogP contribution in [-0.2, 0) is 13.6 Å². The van der Waals surface area contributed by atoms with E-state index in [1.165, 1.54) is 11.6 Å². The molecule has 0 unspecified atom stereocenters. The number of benzene rings is 1. The largest absolute Gasteiger partial charge is 0.384 e. The molecule has 32 heavy (non-hydrogen) atoms. The number of nitrogens with one attached hydrogen (secondary N) is 1. The molecule has 11 nitrogen and oxygen atoms in total. The number of carbonyl (C=O) groups is 1. The lowest BCUT2D eigenvalue weighted by Gasteiger charge is -2.16. The molecule has 0 spiro atoms. The van der Waals surface area contributed by atoms with Gasteiger partial charge in [0.2, 0.25) is 0 Å². The first kappa shape index (κ1) is 21.5. The fourth-order valence-electron chi connectivity index (χ4n) is 3.54. The summed E-state index contributed by atoms with van der Waals surface area (Å²) in [5, 5.41) is 14.9. The second-order valence-corrected chi connectivity index (χ2v) is 8.44. The number of carbonyl (C=O) groups excluding carboxylic acids is 1. The van der Waals surface area contributed by atoms with Gasteiger partial charge in [-0.3, -0.25) is 18.7 Å². The van der Waals surface area contributed by atoms with Crippen LogP contribution in [0.15, 0.2) is 33.9 Å². The van der Waals surface area contributed by atoms with Gasteiger partial charge < -0.3 is 11.1 Å². The molecule has 168 valence electrons. The van der Waals surface area contributed by atoms with Gasteiger partial charge in [-0.05, 0) is 53.5 Å². The zero-order chi connectivity index (χ0) is 23.0. The molecule has 4 rings (SSSR count). The van der Waals surface area contributed by atoms with E-state index in [4.69, 9.17) is 5.73 Å². The van der Waals surface area contributed by atoms with Crippen LogP contribution in [0.3, 0.4) is 0 Å². The van der Waals surface area contributed by atoms with E-state index in [9.17, 15) is 14.4 Å². The van der Waals surface area contributed by atoms with Crippen LogP contribution >= 0.6 is 0 Å². The lowest BCUT2D eigenvalue weighted by molar-refractivity contribution is 0.100. The SMILES string of the molecule is CC(C)Cn1c(N)c(C(=O)CNc2ccc(-c3nnnn3C3CC3)cc2)c(=O)n(C)c1=O. The quantitative estimate of drug-likeness (QED) is 0.497. The standard InChI is InChI=1S/C21H26N8O3/c1-12(2)11-28-18(22)17(20(31)27(3)21(28)32)16(30)10-23-14-6-4-13(5-7-14)19-24-25-26-29(19)15-8-9-15/h4-7,12,15,23H,8-11,22H2,1-3H3. The fourth-order valence-corrected chi connectivity index (χ4v) is 3.54. The monoisotopic (exact) mass is 438 g/mol. The van der Waals surface area contributed by atoms with Crippen LogP contribution < -0.4 is 22.3 Å². The van der Waals surface area contributed by atoms with Crippen molar-refractivity contribution in [3.8, 4) is 11.4 Å². The van der Waals surface area contributed by atoms with Crippen LogP contribution in [-0.4, -0.2) is 41.7 Å². The molecule has 0 atom stereocenters. The van der Waals surface area contributed by atoms with Crippen LogP contribution in [0.25, 0.3) is 11.4 Å². The maximum Gasteiger partial charge on any atom is 0.332 e. The lowest BCUT2D eigenvalue weighted by Crippen LogP contribution is -2.43. The third-order valence-electron chi connectivity index (χ3n) is 5.39. The highest BCUT2D eigenvalue weighted by Gasteiger charge is 2.28. The van der Waals surface area contributed by atoms with Crippen LogP contribution in [0.5, 0.6) is 0 Å². The Bertz CT molecular complexity index is 1270. The van der Waals surface area contributed by atoms with Crippen molar-refractivity contribution in [2.75, 3.05) is 17.6 Å². The molecule has 1 aromatic carbocycles. The number of ketones is 1. The molecule has 0 radical (unpaired) electrons. The number of anilines is 2. The summed E-state index contributed by atoms with van der Waals surface area (Å²) >= 11 is 0. The van der Waals surface area contributed by atoms with E-state index < -0.39 is 17.0 Å². The third-order valence-corrected chi connectivity index (χ3v) is 5.39. The third kappa shape index (κ3) is 4.05. The molecule has 1 saturated carbocycles. The summed E-state index contributed by atoms with van der Waals surface area (Å²) in [6, 6.07) is 7.73. The average Bonchev–Trinajstić information content (AvgIpc) is 3.50. The second kappa shape index (κ2) is 8.40. The molecule has 3 aromatic rings. The van der Waals surface area contributed by atoms with Crippen molar-refractivity contribution in [2.24, 2.45) is 13.0 Å². The van der Waals surface area contributed by atoms with Gasteiger partial charge >= 0.3 is 5.69 Å². The molecular weight excluding hydrogens is 412 g/mol. The molecule has 2 aromatic heterocycles. The van der Waals surface area contributed by atoms with Crippen LogP contribution in [0.2, 0.25) is 0 Å². The molecule has 3 N–H and O–H groups in total. The van der Waals surface area contributed by atoms with Gasteiger partial charge in [-0.2, -0.15) is 0 Å². The van der Waals surface area contributed by atoms with Gasteiger partial charge in [0.25, 0.3) is 5.56 Å². The Kier molecular flexibility index (Phi) is 5.64. The van der Waals surface area contributed by atoms with E-state index in [1.807, 2.05) is 42.8 Å². The first-order chi connectivity index (χ1) is 15.3. The average molecular weight is 438 g/mol. The maximum absolute atomic E-state index is 12.8. The highest BCUT2D eigenvalue weighted by molar-refractivity contribution is 6.02. The Morgan fingerprint density at radius 1 is 1.22 bits per heavy atom. The van der Waals surface area contributed by atoms with Crippen LogP contribution in [0.4, 0.5) is 11.5 Å². The number of nitrogens with two attached hydrogens (primary N) is 1. The Hall–Kier alpha value is -3.76. The van der Waals surface area contributed by atoms with E-state index in [2.05, 4.69) is 20.8 Å². The summed E-state index contributed by atoms with van der Waals surface area (Å²) in [5.74, 6) is 0.245. The molecule has 1 aliphatic rings. The zero-order valence-corrected chi connectivity index (χ0v) is 18.3. The Morgan fingerprint density at radius 2 is 1.91 bits per heavy atom. The molecule has 0 saturated heterocycles. The van der Waals surface area contributed by atoms with Gasteiger partial charge in [-0.25, -0.2) is 9.48 Å². The number of hydrogen-bond acceptors (Lipinski definition) is 8. The van der Waals surface area contributed by atoms with E-state index in [0.29, 0.717) is 24.1 Å². The number of hydrogen-bond donors (Lipinski definition) is 2. The Balaban J connectivity index is 1.51. The molecule has 0 amide bonds. The van der Waals surface area contributed by atoms with Crippen molar-refractivity contribution in [1.82, 2.24) is 29.3 Å². The summed E-state index contributed by atoms with van der Waals surface area (Å²) < 4.78 is 4.03. The van der Waals surface area contributed by atoms with Gasteiger partial charge in [0.1, 0.15) is 11.4 Å². The Morgan fingerprint density at radius 3 is 2.53 bits per heavy atom. The van der Waals surface area contributed by atoms with Gasteiger partial charge in [-0.1, -0.05) is 13.8 Å². The summed E-state index contributed by atoms with van der Waals surface area (Å²) in [4.78, 5) is 37.8. The second-order valence-electron chi connectivity index (χ2n) is 8.44. The van der Waals surface area contributed by atoms with E-state index in [0.717, 1.165) is 23.0 Å². The van der Waals surface area contributed by atoms with Gasteiger partial charge in [0, 0.05) is 24.8 Å². The number of nitrogens with zero attached hydrogens (tertiary/aromatic N) is 6. The van der Waals surface area contributed by atoms with Gasteiger partial charge in [0.15, 0.2) is 11.6 Å². The molecule has 11 heteroatoms. The first-order valence-electron chi connectivity index (χ1n) is 10.5. The van der Waals surface area contributed by atoms with Crippen LogP contribution in [0, 0.1) is 5.92 Å². The van der Waals surface area contributed by atoms with Crippen molar-refractivity contribution < 1.29 is 4.79 Å². The summed E-state index contributed by atoms with van der Waals surface area (Å²) in [6.45, 7) is 4.02. The zero-order valence-electron chi connectivity index (χ0n) is 18.3. The number of tetrazole rings is 1. The van der Waals surface area contributed by atoms with Crippen molar-refractivity contribution in [3.63, 3.8) is 0 Å². The molecule has 1 aliphatic carbocycles. The normalized spacial score (nSPS) is 13.5. The van der Waals surface area contributed by atoms with Crippen LogP contribution in [0.1, 0.15) is 43.1 Å². The van der Waals surface area contributed by atoms with E-state index >= 15 is 0 Å². The minimum atomic E-state index is -0.693. The topological polar surface area (TPSA) is 143 Å². The van der Waals surface area contributed by atoms with Crippen molar-refractivity contribution in [2.45, 2.75) is 39.3 Å². The fraction of sp³-hybridized carbons (Fsp3) is 0.429. The highest BCUT2D eigenvalue weighted by atomic mass is 16.2. The number of rotatable bonds is 8. The summed E-state index contributed by atoms with van der Waals surface area (Å²) in [7, 11) is 1.35. The van der Waals surface area contributed by atoms with Crippen molar-refractivity contribution >= 4 is 17.3 Å². The van der Waals surface area contributed by atoms with Gasteiger partial charge in [0.05, 0.1) is 12.6 Å². The minimum Gasteiger partial charge on any atom is -0.384 e. The first-order valence-corrected chi connectivity index (χ1v) is 10.5. The van der Waals surface area contributed by atoms with E-state index in [-0.39, 0.29) is 23.8 Å². The van der Waals surface area contributed by atoms with Crippen molar-refractivity contribution in [3.05, 3.63) is 50.7 Å².